The largest absolute Gasteiger partial charge is 0.481 e. The van der Waals surface area contributed by atoms with Gasteiger partial charge in [0.1, 0.15) is 0 Å². The summed E-state index contributed by atoms with van der Waals surface area (Å²) >= 11 is 0. The minimum absolute atomic E-state index is 0.107. The van der Waals surface area contributed by atoms with Gasteiger partial charge >= 0.3 is 5.97 Å². The number of benzene rings is 1. The highest BCUT2D eigenvalue weighted by Crippen LogP contribution is 2.25. The van der Waals surface area contributed by atoms with Crippen LogP contribution in [-0.2, 0) is 11.2 Å². The molecule has 0 aliphatic carbocycles. The molecule has 0 radical (unpaired) electrons. The van der Waals surface area contributed by atoms with Crippen LogP contribution in [0.15, 0.2) is 24.3 Å². The lowest BCUT2D eigenvalue weighted by atomic mass is 10.0. The Hall–Kier alpha value is -1.51. The summed E-state index contributed by atoms with van der Waals surface area (Å²) < 4.78 is 0. The van der Waals surface area contributed by atoms with E-state index in [0.29, 0.717) is 6.04 Å². The van der Waals surface area contributed by atoms with Crippen molar-refractivity contribution in [1.82, 2.24) is 0 Å². The number of hydrogen-bond donors (Lipinski definition) is 1. The fourth-order valence-corrected chi connectivity index (χ4v) is 2.50. The molecule has 1 saturated heterocycles. The highest BCUT2D eigenvalue weighted by molar-refractivity contribution is 5.71. The summed E-state index contributed by atoms with van der Waals surface area (Å²) in [6.45, 7) is 3.32. The summed E-state index contributed by atoms with van der Waals surface area (Å²) in [6, 6.07) is 8.48. The molecule has 1 atom stereocenters. The Morgan fingerprint density at radius 2 is 2.29 bits per heavy atom. The average molecular weight is 233 g/mol. The topological polar surface area (TPSA) is 40.5 Å². The molecule has 3 heteroatoms. The summed E-state index contributed by atoms with van der Waals surface area (Å²) in [7, 11) is 0. The van der Waals surface area contributed by atoms with Crippen LogP contribution in [0.1, 0.15) is 31.7 Å². The van der Waals surface area contributed by atoms with E-state index in [1.165, 1.54) is 19.3 Å². The first kappa shape index (κ1) is 12.0. The second-order valence-corrected chi connectivity index (χ2v) is 4.78. The fourth-order valence-electron chi connectivity index (χ4n) is 2.50. The van der Waals surface area contributed by atoms with Gasteiger partial charge in [0, 0.05) is 18.3 Å². The highest BCUT2D eigenvalue weighted by Gasteiger charge is 2.18. The molecule has 1 aromatic rings. The molecule has 0 saturated carbocycles. The Kier molecular flexibility index (Phi) is 3.67. The quantitative estimate of drug-likeness (QED) is 0.872. The third-order valence-electron chi connectivity index (χ3n) is 3.40. The van der Waals surface area contributed by atoms with Crippen molar-refractivity contribution in [1.29, 1.82) is 0 Å². The standard InChI is InChI=1S/C14H19NO2/c1-11-5-2-3-8-15(11)13-7-4-6-12(9-13)10-14(16)17/h4,6-7,9,11H,2-3,5,8,10H2,1H3,(H,16,17). The number of carbonyl (C=O) groups is 1. The van der Waals surface area contributed by atoms with Crippen molar-refractivity contribution in [2.24, 2.45) is 0 Å². The van der Waals surface area contributed by atoms with Crippen molar-refractivity contribution in [2.75, 3.05) is 11.4 Å². The maximum atomic E-state index is 10.7. The summed E-state index contributed by atoms with van der Waals surface area (Å²) in [5, 5.41) is 8.81. The van der Waals surface area contributed by atoms with E-state index < -0.39 is 5.97 Å². The lowest BCUT2D eigenvalue weighted by Crippen LogP contribution is -2.37. The average Bonchev–Trinajstić information content (AvgIpc) is 2.29. The Balaban J connectivity index is 2.17. The summed E-state index contributed by atoms with van der Waals surface area (Å²) in [4.78, 5) is 13.1. The molecule has 2 rings (SSSR count). The molecule has 92 valence electrons. The van der Waals surface area contributed by atoms with Crippen molar-refractivity contribution in [3.8, 4) is 0 Å². The first-order valence-corrected chi connectivity index (χ1v) is 6.24. The van der Waals surface area contributed by atoms with Crippen LogP contribution >= 0.6 is 0 Å². The molecule has 0 bridgehead atoms. The molecule has 0 aromatic heterocycles. The highest BCUT2D eigenvalue weighted by atomic mass is 16.4. The van der Waals surface area contributed by atoms with Gasteiger partial charge in [-0.05, 0) is 43.9 Å². The molecule has 1 heterocycles. The SMILES string of the molecule is CC1CCCCN1c1cccc(CC(=O)O)c1. The number of carboxylic acids is 1. The van der Waals surface area contributed by atoms with Crippen molar-refractivity contribution in [3.63, 3.8) is 0 Å². The predicted octanol–water partition coefficient (Wildman–Crippen LogP) is 2.69. The first-order valence-electron chi connectivity index (χ1n) is 6.24. The van der Waals surface area contributed by atoms with Crippen LogP contribution < -0.4 is 4.90 Å². The van der Waals surface area contributed by atoms with E-state index in [0.717, 1.165) is 17.8 Å². The van der Waals surface area contributed by atoms with Crippen molar-refractivity contribution < 1.29 is 9.90 Å². The van der Waals surface area contributed by atoms with Gasteiger partial charge < -0.3 is 10.0 Å². The van der Waals surface area contributed by atoms with Crippen LogP contribution in [-0.4, -0.2) is 23.7 Å². The van der Waals surface area contributed by atoms with Gasteiger partial charge in [-0.25, -0.2) is 0 Å². The van der Waals surface area contributed by atoms with Crippen molar-refractivity contribution in [3.05, 3.63) is 29.8 Å². The Bertz CT molecular complexity index is 403. The number of piperidine rings is 1. The zero-order valence-corrected chi connectivity index (χ0v) is 10.2. The molecule has 0 spiro atoms. The molecule has 3 nitrogen and oxygen atoms in total. The molecule has 1 N–H and O–H groups in total. The predicted molar refractivity (Wildman–Crippen MR) is 68.4 cm³/mol. The Labute approximate surface area is 102 Å². The summed E-state index contributed by atoms with van der Waals surface area (Å²) in [5.41, 5.74) is 2.05. The van der Waals surface area contributed by atoms with E-state index in [-0.39, 0.29) is 6.42 Å². The molecular formula is C14H19NO2. The number of hydrogen-bond acceptors (Lipinski definition) is 2. The third kappa shape index (κ3) is 2.99. The lowest BCUT2D eigenvalue weighted by Gasteiger charge is -2.35. The molecule has 1 aliphatic rings. The van der Waals surface area contributed by atoms with Gasteiger partial charge in [0.05, 0.1) is 6.42 Å². The van der Waals surface area contributed by atoms with Gasteiger partial charge in [-0.3, -0.25) is 4.79 Å². The van der Waals surface area contributed by atoms with Gasteiger partial charge in [0.25, 0.3) is 0 Å². The van der Waals surface area contributed by atoms with Crippen molar-refractivity contribution >= 4 is 11.7 Å². The number of aliphatic carboxylic acids is 1. The second-order valence-electron chi connectivity index (χ2n) is 4.78. The minimum atomic E-state index is -0.770. The van der Waals surface area contributed by atoms with Crippen LogP contribution in [0.3, 0.4) is 0 Å². The van der Waals surface area contributed by atoms with Crippen LogP contribution in [0.4, 0.5) is 5.69 Å². The zero-order valence-electron chi connectivity index (χ0n) is 10.2. The number of carboxylic acid groups (broad SMARTS) is 1. The van der Waals surface area contributed by atoms with E-state index in [2.05, 4.69) is 17.9 Å². The van der Waals surface area contributed by atoms with E-state index in [1.807, 2.05) is 18.2 Å². The second kappa shape index (κ2) is 5.21. The molecule has 1 aromatic carbocycles. The van der Waals surface area contributed by atoms with E-state index in [4.69, 9.17) is 5.11 Å². The van der Waals surface area contributed by atoms with Crippen LogP contribution in [0.25, 0.3) is 0 Å². The fraction of sp³-hybridized carbons (Fsp3) is 0.500. The normalized spacial score (nSPS) is 20.3. The van der Waals surface area contributed by atoms with Crippen LogP contribution in [0.5, 0.6) is 0 Å². The smallest absolute Gasteiger partial charge is 0.307 e. The van der Waals surface area contributed by atoms with Gasteiger partial charge in [0.2, 0.25) is 0 Å². The lowest BCUT2D eigenvalue weighted by molar-refractivity contribution is -0.136. The molecule has 1 aliphatic heterocycles. The molecule has 17 heavy (non-hydrogen) atoms. The van der Waals surface area contributed by atoms with Gasteiger partial charge in [-0.2, -0.15) is 0 Å². The van der Waals surface area contributed by atoms with Gasteiger partial charge in [-0.15, -0.1) is 0 Å². The maximum Gasteiger partial charge on any atom is 0.307 e. The monoisotopic (exact) mass is 233 g/mol. The zero-order chi connectivity index (χ0) is 12.3. The molecule has 1 fully saturated rings. The summed E-state index contributed by atoms with van der Waals surface area (Å²) in [5.74, 6) is -0.770. The summed E-state index contributed by atoms with van der Waals surface area (Å²) in [6.07, 6.45) is 3.86. The van der Waals surface area contributed by atoms with Gasteiger partial charge in [-0.1, -0.05) is 12.1 Å². The molecular weight excluding hydrogens is 214 g/mol. The molecule has 1 unspecified atom stereocenters. The molecule has 0 amide bonds. The third-order valence-corrected chi connectivity index (χ3v) is 3.40. The van der Waals surface area contributed by atoms with Gasteiger partial charge in [0.15, 0.2) is 0 Å². The van der Waals surface area contributed by atoms with E-state index in [1.54, 1.807) is 0 Å². The maximum absolute atomic E-state index is 10.7. The van der Waals surface area contributed by atoms with Crippen LogP contribution in [0, 0.1) is 0 Å². The van der Waals surface area contributed by atoms with Crippen LogP contribution in [0.2, 0.25) is 0 Å². The Morgan fingerprint density at radius 3 is 3.00 bits per heavy atom. The Morgan fingerprint density at radius 1 is 1.47 bits per heavy atom. The minimum Gasteiger partial charge on any atom is -0.481 e. The van der Waals surface area contributed by atoms with E-state index >= 15 is 0 Å². The number of anilines is 1. The number of rotatable bonds is 3. The first-order chi connectivity index (χ1) is 8.16. The van der Waals surface area contributed by atoms with E-state index in [9.17, 15) is 4.79 Å². The van der Waals surface area contributed by atoms with Crippen molar-refractivity contribution in [2.45, 2.75) is 38.6 Å². The number of nitrogens with zero attached hydrogens (tertiary/aromatic N) is 1.